The Labute approximate surface area is 192 Å². The zero-order chi connectivity index (χ0) is 22.9. The molecular formula is C25H26N6O2. The van der Waals surface area contributed by atoms with Gasteiger partial charge in [-0.25, -0.2) is 15.0 Å². The zero-order valence-corrected chi connectivity index (χ0v) is 18.9. The molecule has 33 heavy (non-hydrogen) atoms. The van der Waals surface area contributed by atoms with Gasteiger partial charge in [-0.05, 0) is 51.2 Å². The van der Waals surface area contributed by atoms with E-state index in [9.17, 15) is 4.79 Å². The molecule has 4 aromatic rings. The highest BCUT2D eigenvalue weighted by molar-refractivity contribution is 6.03. The van der Waals surface area contributed by atoms with Crippen molar-refractivity contribution in [1.29, 1.82) is 0 Å². The minimum atomic E-state index is -0.268. The van der Waals surface area contributed by atoms with Crippen LogP contribution in [0.15, 0.2) is 54.9 Å². The van der Waals surface area contributed by atoms with Crippen LogP contribution in [0, 0.1) is 0 Å². The standard InChI is InChI=1S/C25H26N6O2/c1-16(2)33-20-8-6-17(7-9-20)24(32)29-25-27-13-19-5-4-18(12-21(19)28-25)22-14-26-23-15-30(3)10-11-31(22)23/h4-9,12-14,16H,10-11,15H2,1-3H3,(H,27,28,29,32). The predicted molar refractivity (Wildman–Crippen MR) is 127 cm³/mol. The molecule has 8 heteroatoms. The van der Waals surface area contributed by atoms with Crippen molar-refractivity contribution in [3.05, 3.63) is 66.2 Å². The summed E-state index contributed by atoms with van der Waals surface area (Å²) in [6.45, 7) is 6.67. The summed E-state index contributed by atoms with van der Waals surface area (Å²) in [5.41, 5.74) is 3.40. The van der Waals surface area contributed by atoms with Crippen LogP contribution < -0.4 is 10.1 Å². The Bertz CT molecular complexity index is 1310. The van der Waals surface area contributed by atoms with Gasteiger partial charge in [-0.15, -0.1) is 0 Å². The molecule has 0 fully saturated rings. The molecule has 2 aromatic heterocycles. The molecule has 0 saturated carbocycles. The first-order valence-corrected chi connectivity index (χ1v) is 11.0. The van der Waals surface area contributed by atoms with Crippen LogP contribution in [-0.2, 0) is 13.1 Å². The molecule has 1 aliphatic heterocycles. The number of nitrogens with zero attached hydrogens (tertiary/aromatic N) is 5. The Balaban J connectivity index is 1.38. The second kappa shape index (κ2) is 8.63. The van der Waals surface area contributed by atoms with Gasteiger partial charge in [-0.2, -0.15) is 0 Å². The average Bonchev–Trinajstić information content (AvgIpc) is 3.21. The van der Waals surface area contributed by atoms with E-state index in [1.165, 1.54) is 0 Å². The number of rotatable bonds is 5. The fourth-order valence-electron chi connectivity index (χ4n) is 3.98. The van der Waals surface area contributed by atoms with Gasteiger partial charge in [-0.1, -0.05) is 12.1 Å². The fraction of sp³-hybridized carbons (Fsp3) is 0.280. The quantitative estimate of drug-likeness (QED) is 0.503. The number of hydrogen-bond acceptors (Lipinski definition) is 6. The summed E-state index contributed by atoms with van der Waals surface area (Å²) in [5, 5.41) is 3.70. The van der Waals surface area contributed by atoms with Crippen LogP contribution in [0.5, 0.6) is 5.75 Å². The number of imidazole rings is 1. The number of fused-ring (bicyclic) bond motifs is 2. The van der Waals surface area contributed by atoms with Gasteiger partial charge in [0.2, 0.25) is 5.95 Å². The molecule has 0 bridgehead atoms. The van der Waals surface area contributed by atoms with Gasteiger partial charge in [0.25, 0.3) is 5.91 Å². The van der Waals surface area contributed by atoms with Crippen LogP contribution in [0.4, 0.5) is 5.95 Å². The van der Waals surface area contributed by atoms with E-state index in [-0.39, 0.29) is 18.0 Å². The number of ether oxygens (including phenoxy) is 1. The summed E-state index contributed by atoms with van der Waals surface area (Å²) >= 11 is 0. The summed E-state index contributed by atoms with van der Waals surface area (Å²) in [7, 11) is 2.11. The van der Waals surface area contributed by atoms with Crippen LogP contribution in [0.25, 0.3) is 22.2 Å². The molecule has 5 rings (SSSR count). The number of amides is 1. The molecule has 0 atom stereocenters. The minimum absolute atomic E-state index is 0.0787. The lowest BCUT2D eigenvalue weighted by atomic mass is 10.1. The molecule has 8 nitrogen and oxygen atoms in total. The van der Waals surface area contributed by atoms with Gasteiger partial charge < -0.3 is 9.30 Å². The lowest BCUT2D eigenvalue weighted by Gasteiger charge is -2.24. The molecule has 0 unspecified atom stereocenters. The van der Waals surface area contributed by atoms with Crippen molar-refractivity contribution in [3.8, 4) is 17.0 Å². The Morgan fingerprint density at radius 1 is 1.06 bits per heavy atom. The molecular weight excluding hydrogens is 416 g/mol. The fourth-order valence-corrected chi connectivity index (χ4v) is 3.98. The van der Waals surface area contributed by atoms with E-state index in [1.807, 2.05) is 32.2 Å². The second-order valence-corrected chi connectivity index (χ2v) is 8.56. The number of aromatic nitrogens is 4. The lowest BCUT2D eigenvalue weighted by molar-refractivity contribution is 0.102. The normalized spacial score (nSPS) is 13.8. The largest absolute Gasteiger partial charge is 0.491 e. The summed E-state index contributed by atoms with van der Waals surface area (Å²) < 4.78 is 7.89. The lowest BCUT2D eigenvalue weighted by Crippen LogP contribution is -2.30. The summed E-state index contributed by atoms with van der Waals surface area (Å²) in [4.78, 5) is 28.4. The number of nitrogens with one attached hydrogen (secondary N) is 1. The number of benzene rings is 2. The van der Waals surface area contributed by atoms with Crippen LogP contribution in [-0.4, -0.2) is 50.0 Å². The summed E-state index contributed by atoms with van der Waals surface area (Å²) in [5.74, 6) is 1.80. The molecule has 0 aliphatic carbocycles. The van der Waals surface area contributed by atoms with Crippen molar-refractivity contribution in [2.75, 3.05) is 18.9 Å². The van der Waals surface area contributed by atoms with Gasteiger partial charge in [0, 0.05) is 35.8 Å². The first kappa shape index (κ1) is 21.1. The van der Waals surface area contributed by atoms with Crippen molar-refractivity contribution in [1.82, 2.24) is 24.4 Å². The van der Waals surface area contributed by atoms with E-state index in [0.717, 1.165) is 53.4 Å². The van der Waals surface area contributed by atoms with E-state index >= 15 is 0 Å². The highest BCUT2D eigenvalue weighted by Gasteiger charge is 2.18. The highest BCUT2D eigenvalue weighted by Crippen LogP contribution is 2.27. The smallest absolute Gasteiger partial charge is 0.258 e. The van der Waals surface area contributed by atoms with Crippen LogP contribution in [0.1, 0.15) is 30.0 Å². The van der Waals surface area contributed by atoms with Crippen LogP contribution >= 0.6 is 0 Å². The van der Waals surface area contributed by atoms with Crippen molar-refractivity contribution in [2.45, 2.75) is 33.0 Å². The highest BCUT2D eigenvalue weighted by atomic mass is 16.5. The summed E-state index contributed by atoms with van der Waals surface area (Å²) in [6, 6.07) is 13.1. The third kappa shape index (κ3) is 4.42. The molecule has 0 spiro atoms. The number of carbonyl (C=O) groups is 1. The Kier molecular flexibility index (Phi) is 5.51. The molecule has 0 saturated heterocycles. The predicted octanol–water partition coefficient (Wildman–Crippen LogP) is 3.98. The van der Waals surface area contributed by atoms with E-state index < -0.39 is 0 Å². The average molecular weight is 443 g/mol. The van der Waals surface area contributed by atoms with E-state index in [2.05, 4.69) is 42.8 Å². The molecule has 3 heterocycles. The Morgan fingerprint density at radius 3 is 2.67 bits per heavy atom. The second-order valence-electron chi connectivity index (χ2n) is 8.56. The van der Waals surface area contributed by atoms with Crippen LogP contribution in [0.3, 0.4) is 0 Å². The number of likely N-dealkylation sites (N-methyl/N-ethyl adjacent to an activating group) is 1. The molecule has 2 aromatic carbocycles. The van der Waals surface area contributed by atoms with Crippen molar-refractivity contribution in [2.24, 2.45) is 0 Å². The van der Waals surface area contributed by atoms with Crippen LogP contribution in [0.2, 0.25) is 0 Å². The van der Waals surface area contributed by atoms with Gasteiger partial charge in [-0.3, -0.25) is 15.0 Å². The van der Waals surface area contributed by atoms with Crippen molar-refractivity contribution < 1.29 is 9.53 Å². The minimum Gasteiger partial charge on any atom is -0.491 e. The SMILES string of the molecule is CC(C)Oc1ccc(C(=O)Nc2ncc3ccc(-c4cnc5n4CCN(C)C5)cc3n2)cc1. The van der Waals surface area contributed by atoms with Gasteiger partial charge in [0.15, 0.2) is 0 Å². The maximum Gasteiger partial charge on any atom is 0.258 e. The summed E-state index contributed by atoms with van der Waals surface area (Å²) in [6.07, 6.45) is 3.73. The Morgan fingerprint density at radius 2 is 1.88 bits per heavy atom. The number of hydrogen-bond donors (Lipinski definition) is 1. The molecule has 1 amide bonds. The monoisotopic (exact) mass is 442 g/mol. The maximum absolute atomic E-state index is 12.7. The maximum atomic E-state index is 12.7. The number of carbonyl (C=O) groups excluding carboxylic acids is 1. The van der Waals surface area contributed by atoms with Crippen molar-refractivity contribution in [3.63, 3.8) is 0 Å². The van der Waals surface area contributed by atoms with Crippen molar-refractivity contribution >= 4 is 22.8 Å². The van der Waals surface area contributed by atoms with E-state index in [0.29, 0.717) is 5.56 Å². The topological polar surface area (TPSA) is 85.2 Å². The van der Waals surface area contributed by atoms with Gasteiger partial charge in [0.05, 0.1) is 30.1 Å². The number of anilines is 1. The third-order valence-electron chi connectivity index (χ3n) is 5.65. The van der Waals surface area contributed by atoms with Gasteiger partial charge >= 0.3 is 0 Å². The van der Waals surface area contributed by atoms with E-state index in [1.54, 1.807) is 30.5 Å². The molecule has 1 N–H and O–H groups in total. The van der Waals surface area contributed by atoms with E-state index in [4.69, 9.17) is 4.74 Å². The first-order valence-electron chi connectivity index (χ1n) is 11.0. The zero-order valence-electron chi connectivity index (χ0n) is 18.9. The molecule has 168 valence electrons. The molecule has 1 aliphatic rings. The Hall–Kier alpha value is -3.78. The van der Waals surface area contributed by atoms with Gasteiger partial charge in [0.1, 0.15) is 11.6 Å². The molecule has 0 radical (unpaired) electrons. The third-order valence-corrected chi connectivity index (χ3v) is 5.65. The first-order chi connectivity index (χ1) is 16.0.